The number of likely N-dealkylation sites (tertiary alicyclic amines) is 2. The molecule has 7 rings (SSSR count). The van der Waals surface area contributed by atoms with E-state index in [1.165, 1.54) is 24.8 Å². The van der Waals surface area contributed by atoms with Gasteiger partial charge in [-0.15, -0.1) is 0 Å². The van der Waals surface area contributed by atoms with E-state index < -0.39 is 23.7 Å². The van der Waals surface area contributed by atoms with Gasteiger partial charge < -0.3 is 9.84 Å². The van der Waals surface area contributed by atoms with Crippen molar-refractivity contribution in [1.82, 2.24) is 9.80 Å². The van der Waals surface area contributed by atoms with Crippen molar-refractivity contribution in [3.05, 3.63) is 94.1 Å². The maximum atomic E-state index is 14.3. The van der Waals surface area contributed by atoms with Gasteiger partial charge in [0.2, 0.25) is 11.8 Å². The number of imide groups is 1. The number of phenolic OH excluding ortho intramolecular Hbond substituents is 1. The lowest BCUT2D eigenvalue weighted by molar-refractivity contribution is -0.144. The minimum Gasteiger partial charge on any atom is -0.508 e. The number of nitrogens with zero attached hydrogens (tertiary/aromatic N) is 2. The molecule has 0 spiro atoms. The van der Waals surface area contributed by atoms with Gasteiger partial charge in [0.15, 0.2) is 11.6 Å². The Bertz CT molecular complexity index is 1660. The molecule has 2 aliphatic heterocycles. The molecule has 2 heterocycles. The van der Waals surface area contributed by atoms with E-state index in [1.54, 1.807) is 24.0 Å². The number of fused-ring (bicyclic) bond motifs is 3. The number of allylic oxidation sites excluding steroid dienone is 6. The van der Waals surface area contributed by atoms with Crippen molar-refractivity contribution < 1.29 is 29.0 Å². The molecular weight excluding hydrogens is 556 g/mol. The first-order chi connectivity index (χ1) is 21.3. The van der Waals surface area contributed by atoms with E-state index in [1.807, 2.05) is 24.3 Å². The van der Waals surface area contributed by atoms with E-state index >= 15 is 0 Å². The molecule has 226 valence electrons. The molecule has 2 fully saturated rings. The van der Waals surface area contributed by atoms with Crippen LogP contribution in [0.3, 0.4) is 0 Å². The minimum atomic E-state index is -0.612. The van der Waals surface area contributed by atoms with Gasteiger partial charge in [0, 0.05) is 59.9 Å². The highest BCUT2D eigenvalue weighted by Crippen LogP contribution is 2.56. The average Bonchev–Trinajstić information content (AvgIpc) is 3.29. The Morgan fingerprint density at radius 3 is 2.43 bits per heavy atom. The van der Waals surface area contributed by atoms with Crippen molar-refractivity contribution in [3.63, 3.8) is 0 Å². The Kier molecular flexibility index (Phi) is 7.12. The predicted molar refractivity (Wildman–Crippen MR) is 163 cm³/mol. The number of methoxy groups -OCH3 is 1. The largest absolute Gasteiger partial charge is 0.508 e. The highest BCUT2D eigenvalue weighted by Gasteiger charge is 2.57. The Morgan fingerprint density at radius 1 is 0.955 bits per heavy atom. The van der Waals surface area contributed by atoms with E-state index in [4.69, 9.17) is 4.74 Å². The number of benzene rings is 2. The minimum absolute atomic E-state index is 0.0219. The van der Waals surface area contributed by atoms with Crippen LogP contribution in [0.25, 0.3) is 0 Å². The molecule has 0 bridgehead atoms. The van der Waals surface area contributed by atoms with Crippen molar-refractivity contribution in [2.75, 3.05) is 20.2 Å². The average molecular weight is 593 g/mol. The Hall–Kier alpha value is -4.30. The number of amides is 2. The summed E-state index contributed by atoms with van der Waals surface area (Å²) in [6, 6.07) is 14.9. The molecule has 8 heteroatoms. The molecule has 2 saturated heterocycles. The Labute approximate surface area is 256 Å². The van der Waals surface area contributed by atoms with Gasteiger partial charge in [0.25, 0.3) is 0 Å². The standard InChI is InChI=1S/C36H36N2O6/c1-20-16-29(40)33-28(34(20)41)18-27-24(31(33)25-9-8-23(39)17-30(25)44-2)10-11-26-32(27)36(43)38(35(26)42)22-12-14-37(15-13-22)19-21-6-4-3-5-7-21/h3-10,16-17,22,26-27,31-32,39H,11-15,18-19H2,1-2H3/t26-,27+,31+,32-/m0/s1. The number of Topliss-reactive ketones (excluding diaryl/α,β-unsaturated/α-hetero) is 1. The number of carbonyl (C=O) groups excluding carboxylic acids is 4. The van der Waals surface area contributed by atoms with E-state index in [2.05, 4.69) is 17.0 Å². The third-order valence-corrected chi connectivity index (χ3v) is 10.3. The van der Waals surface area contributed by atoms with Crippen molar-refractivity contribution in [2.24, 2.45) is 17.8 Å². The number of piperidine rings is 1. The molecule has 2 aromatic rings. The number of hydrogen-bond donors (Lipinski definition) is 1. The maximum Gasteiger partial charge on any atom is 0.233 e. The quantitative estimate of drug-likeness (QED) is 0.310. The summed E-state index contributed by atoms with van der Waals surface area (Å²) < 4.78 is 5.63. The normalized spacial score (nSPS) is 27.5. The molecule has 8 nitrogen and oxygen atoms in total. The highest BCUT2D eigenvalue weighted by atomic mass is 16.5. The first-order valence-corrected chi connectivity index (χ1v) is 15.5. The van der Waals surface area contributed by atoms with Gasteiger partial charge in [-0.25, -0.2) is 0 Å². The van der Waals surface area contributed by atoms with Crippen LogP contribution in [0.4, 0.5) is 0 Å². The molecule has 0 saturated carbocycles. The molecule has 44 heavy (non-hydrogen) atoms. The summed E-state index contributed by atoms with van der Waals surface area (Å²) in [5.74, 6) is -2.33. The van der Waals surface area contributed by atoms with E-state index in [9.17, 15) is 24.3 Å². The summed E-state index contributed by atoms with van der Waals surface area (Å²) in [5.41, 5.74) is 3.98. The summed E-state index contributed by atoms with van der Waals surface area (Å²) in [6.07, 6.45) is 5.53. The first kappa shape index (κ1) is 28.5. The lowest BCUT2D eigenvalue weighted by atomic mass is 9.59. The number of rotatable bonds is 5. The maximum absolute atomic E-state index is 14.3. The second-order valence-electron chi connectivity index (χ2n) is 12.7. The van der Waals surface area contributed by atoms with E-state index in [0.717, 1.165) is 38.0 Å². The predicted octanol–water partition coefficient (Wildman–Crippen LogP) is 4.49. The molecule has 0 radical (unpaired) electrons. The second kappa shape index (κ2) is 11.0. The van der Waals surface area contributed by atoms with Crippen molar-refractivity contribution >= 4 is 23.4 Å². The monoisotopic (exact) mass is 592 g/mol. The lowest BCUT2D eigenvalue weighted by Gasteiger charge is -2.42. The fraction of sp³-hybridized carbons (Fsp3) is 0.389. The van der Waals surface area contributed by atoms with Crippen LogP contribution in [-0.4, -0.2) is 64.5 Å². The van der Waals surface area contributed by atoms with Crippen LogP contribution in [0.5, 0.6) is 11.5 Å². The van der Waals surface area contributed by atoms with Crippen LogP contribution in [-0.2, 0) is 25.7 Å². The molecule has 4 atom stereocenters. The fourth-order valence-electron chi connectivity index (χ4n) is 8.24. The topological polar surface area (TPSA) is 104 Å². The van der Waals surface area contributed by atoms with Gasteiger partial charge in [-0.1, -0.05) is 48.0 Å². The van der Waals surface area contributed by atoms with Gasteiger partial charge in [-0.3, -0.25) is 29.0 Å². The van der Waals surface area contributed by atoms with E-state index in [0.29, 0.717) is 34.5 Å². The van der Waals surface area contributed by atoms with Crippen LogP contribution >= 0.6 is 0 Å². The van der Waals surface area contributed by atoms with Gasteiger partial charge in [-0.05, 0) is 56.2 Å². The fourth-order valence-corrected chi connectivity index (χ4v) is 8.24. The molecule has 2 aromatic carbocycles. The summed E-state index contributed by atoms with van der Waals surface area (Å²) in [4.78, 5) is 59.2. The molecule has 1 N–H and O–H groups in total. The third-order valence-electron chi connectivity index (χ3n) is 10.3. The zero-order valence-electron chi connectivity index (χ0n) is 25.0. The first-order valence-electron chi connectivity index (χ1n) is 15.5. The summed E-state index contributed by atoms with van der Waals surface area (Å²) in [6.45, 7) is 4.10. The van der Waals surface area contributed by atoms with Crippen molar-refractivity contribution in [1.29, 1.82) is 0 Å². The zero-order chi connectivity index (χ0) is 30.7. The number of carbonyl (C=O) groups is 4. The lowest BCUT2D eigenvalue weighted by Crippen LogP contribution is -2.47. The molecule has 2 amide bonds. The number of hydrogen-bond acceptors (Lipinski definition) is 7. The number of ketones is 2. The van der Waals surface area contributed by atoms with E-state index in [-0.39, 0.29) is 41.6 Å². The van der Waals surface area contributed by atoms with Gasteiger partial charge in [0.1, 0.15) is 11.5 Å². The summed E-state index contributed by atoms with van der Waals surface area (Å²) in [7, 11) is 1.50. The van der Waals surface area contributed by atoms with Crippen LogP contribution in [0.15, 0.2) is 83.0 Å². The number of phenols is 1. The molecule has 5 aliphatic rings. The zero-order valence-corrected chi connectivity index (χ0v) is 25.0. The van der Waals surface area contributed by atoms with Gasteiger partial charge in [0.05, 0.1) is 18.9 Å². The highest BCUT2D eigenvalue weighted by molar-refractivity contribution is 6.23. The van der Waals surface area contributed by atoms with Gasteiger partial charge in [-0.2, -0.15) is 0 Å². The second-order valence-corrected chi connectivity index (χ2v) is 12.7. The smallest absolute Gasteiger partial charge is 0.233 e. The summed E-state index contributed by atoms with van der Waals surface area (Å²) in [5, 5.41) is 10.2. The van der Waals surface area contributed by atoms with Gasteiger partial charge >= 0.3 is 0 Å². The molecule has 0 aromatic heterocycles. The van der Waals surface area contributed by atoms with Crippen LogP contribution in [0.1, 0.15) is 49.7 Å². The summed E-state index contributed by atoms with van der Waals surface area (Å²) >= 11 is 0. The van der Waals surface area contributed by atoms with Crippen LogP contribution in [0.2, 0.25) is 0 Å². The van der Waals surface area contributed by atoms with Crippen molar-refractivity contribution in [2.45, 2.75) is 51.1 Å². The SMILES string of the molecule is COc1cc(O)ccc1[C@H]1C2=CC[C@@H]3C(=O)N(C4CCN(Cc5ccccc5)CC4)C(=O)[C@@H]3[C@@H]2CC2=C1C(=O)C=C(C)C2=O. The third kappa shape index (κ3) is 4.54. The molecule has 3 aliphatic carbocycles. The van der Waals surface area contributed by atoms with Crippen molar-refractivity contribution in [3.8, 4) is 11.5 Å². The Balaban J connectivity index is 1.20. The molecule has 0 unspecified atom stereocenters. The molecular formula is C36H36N2O6. The number of ether oxygens (including phenoxy) is 1. The van der Waals surface area contributed by atoms with Crippen LogP contribution < -0.4 is 4.74 Å². The van der Waals surface area contributed by atoms with Crippen LogP contribution in [0, 0.1) is 17.8 Å². The Morgan fingerprint density at radius 2 is 1.70 bits per heavy atom. The number of aromatic hydroxyl groups is 1.